The minimum atomic E-state index is 0.795. The first-order valence-corrected chi connectivity index (χ1v) is 8.18. The van der Waals surface area contributed by atoms with Crippen LogP contribution in [-0.4, -0.2) is 23.1 Å². The Morgan fingerprint density at radius 3 is 2.59 bits per heavy atom. The van der Waals surface area contributed by atoms with E-state index >= 15 is 0 Å². The Hall–Kier alpha value is -2.10. The third-order valence-corrected chi connectivity index (χ3v) is 4.30. The number of hydrogen-bond donors (Lipinski definition) is 1. The number of rotatable bonds is 4. The molecule has 1 saturated heterocycles. The van der Waals surface area contributed by atoms with Crippen molar-refractivity contribution in [3.63, 3.8) is 0 Å². The molecule has 0 bridgehead atoms. The summed E-state index contributed by atoms with van der Waals surface area (Å²) in [6, 6.07) is 10.5. The van der Waals surface area contributed by atoms with Crippen molar-refractivity contribution in [2.24, 2.45) is 0 Å². The fourth-order valence-corrected chi connectivity index (χ4v) is 2.91. The second-order valence-corrected chi connectivity index (χ2v) is 5.94. The molecular weight excluding hydrogens is 272 g/mol. The Balaban J connectivity index is 1.67. The molecule has 0 spiro atoms. The third kappa shape index (κ3) is 3.75. The molecule has 1 fully saturated rings. The molecule has 0 aliphatic carbocycles. The summed E-state index contributed by atoms with van der Waals surface area (Å²) in [6.45, 7) is 5.14. The van der Waals surface area contributed by atoms with Gasteiger partial charge in [0.15, 0.2) is 0 Å². The lowest BCUT2D eigenvalue weighted by molar-refractivity contribution is 0.726. The molecule has 0 unspecified atom stereocenters. The first kappa shape index (κ1) is 14.8. The Bertz CT molecular complexity index is 604. The number of anilines is 2. The van der Waals surface area contributed by atoms with Gasteiger partial charge in [0.05, 0.1) is 0 Å². The molecule has 116 valence electrons. The third-order valence-electron chi connectivity index (χ3n) is 4.30. The molecular formula is C18H24N4. The fourth-order valence-electron chi connectivity index (χ4n) is 2.91. The highest BCUT2D eigenvalue weighted by molar-refractivity contribution is 5.49. The average molecular weight is 296 g/mol. The highest BCUT2D eigenvalue weighted by Gasteiger charge is 2.11. The molecule has 4 nitrogen and oxygen atoms in total. The van der Waals surface area contributed by atoms with Crippen LogP contribution in [0.4, 0.5) is 11.6 Å². The van der Waals surface area contributed by atoms with E-state index in [2.05, 4.69) is 57.4 Å². The molecule has 1 aromatic heterocycles. The standard InChI is InChI=1S/C18H24N4/c1-15-8-4-5-9-16(15)13-19-17-12-18(21-14-20-17)22-10-6-2-3-7-11-22/h4-5,8-9,12,14H,2-3,6-7,10-11,13H2,1H3,(H,19,20,21). The number of hydrogen-bond acceptors (Lipinski definition) is 4. The van der Waals surface area contributed by atoms with E-state index in [-0.39, 0.29) is 0 Å². The van der Waals surface area contributed by atoms with E-state index in [4.69, 9.17) is 0 Å². The van der Waals surface area contributed by atoms with E-state index < -0.39 is 0 Å². The summed E-state index contributed by atoms with van der Waals surface area (Å²) in [5, 5.41) is 3.42. The molecule has 2 aromatic rings. The van der Waals surface area contributed by atoms with Crippen LogP contribution in [0, 0.1) is 6.92 Å². The number of aryl methyl sites for hydroxylation is 1. The summed E-state index contributed by atoms with van der Waals surface area (Å²) in [5.41, 5.74) is 2.61. The van der Waals surface area contributed by atoms with E-state index in [0.717, 1.165) is 31.3 Å². The Kier molecular flexibility index (Phi) is 4.88. The van der Waals surface area contributed by atoms with Gasteiger partial charge in [-0.2, -0.15) is 0 Å². The summed E-state index contributed by atoms with van der Waals surface area (Å²) in [6.07, 6.45) is 6.85. The first-order valence-electron chi connectivity index (χ1n) is 8.18. The summed E-state index contributed by atoms with van der Waals surface area (Å²) in [5.74, 6) is 1.95. The topological polar surface area (TPSA) is 41.0 Å². The lowest BCUT2D eigenvalue weighted by Crippen LogP contribution is -2.25. The van der Waals surface area contributed by atoms with Crippen molar-refractivity contribution < 1.29 is 0 Å². The average Bonchev–Trinajstić information content (AvgIpc) is 2.84. The lowest BCUT2D eigenvalue weighted by atomic mass is 10.1. The number of nitrogens with one attached hydrogen (secondary N) is 1. The van der Waals surface area contributed by atoms with Crippen molar-refractivity contribution in [1.82, 2.24) is 9.97 Å². The monoisotopic (exact) mass is 296 g/mol. The van der Waals surface area contributed by atoms with Gasteiger partial charge in [0, 0.05) is 25.7 Å². The van der Waals surface area contributed by atoms with Crippen molar-refractivity contribution in [2.75, 3.05) is 23.3 Å². The smallest absolute Gasteiger partial charge is 0.134 e. The van der Waals surface area contributed by atoms with Crippen molar-refractivity contribution in [3.05, 3.63) is 47.8 Å². The molecule has 0 atom stereocenters. The van der Waals surface area contributed by atoms with Gasteiger partial charge in [-0.1, -0.05) is 37.1 Å². The zero-order valence-electron chi connectivity index (χ0n) is 13.3. The molecule has 1 N–H and O–H groups in total. The van der Waals surface area contributed by atoms with Gasteiger partial charge in [-0.15, -0.1) is 0 Å². The summed E-state index contributed by atoms with van der Waals surface area (Å²) < 4.78 is 0. The van der Waals surface area contributed by atoms with E-state index in [1.165, 1.54) is 36.8 Å². The molecule has 4 heteroatoms. The molecule has 0 saturated carbocycles. The summed E-state index contributed by atoms with van der Waals surface area (Å²) in [4.78, 5) is 11.2. The predicted molar refractivity (Wildman–Crippen MR) is 91.2 cm³/mol. The number of aromatic nitrogens is 2. The number of nitrogens with zero attached hydrogens (tertiary/aromatic N) is 3. The van der Waals surface area contributed by atoms with E-state index in [9.17, 15) is 0 Å². The van der Waals surface area contributed by atoms with Crippen LogP contribution in [0.25, 0.3) is 0 Å². The first-order chi connectivity index (χ1) is 10.8. The SMILES string of the molecule is Cc1ccccc1CNc1cc(N2CCCCCC2)ncn1. The van der Waals surface area contributed by atoms with Crippen molar-refractivity contribution in [3.8, 4) is 0 Å². The van der Waals surface area contributed by atoms with Gasteiger partial charge in [0.2, 0.25) is 0 Å². The van der Waals surface area contributed by atoms with Crippen LogP contribution in [0.15, 0.2) is 36.7 Å². The van der Waals surface area contributed by atoms with Gasteiger partial charge in [0.1, 0.15) is 18.0 Å². The molecule has 1 aromatic carbocycles. The maximum absolute atomic E-state index is 4.45. The van der Waals surface area contributed by atoms with E-state index in [1.54, 1.807) is 6.33 Å². The molecule has 22 heavy (non-hydrogen) atoms. The van der Waals surface area contributed by atoms with Gasteiger partial charge in [-0.25, -0.2) is 9.97 Å². The Labute approximate surface area is 132 Å². The molecule has 3 rings (SSSR count). The van der Waals surface area contributed by atoms with Crippen LogP contribution in [0.2, 0.25) is 0 Å². The normalized spacial score (nSPS) is 15.4. The molecule has 0 amide bonds. The van der Waals surface area contributed by atoms with Crippen LogP contribution in [0.3, 0.4) is 0 Å². The van der Waals surface area contributed by atoms with Crippen LogP contribution < -0.4 is 10.2 Å². The molecule has 2 heterocycles. The van der Waals surface area contributed by atoms with Crippen LogP contribution in [0.5, 0.6) is 0 Å². The van der Waals surface area contributed by atoms with Crippen molar-refractivity contribution >= 4 is 11.6 Å². The molecule has 0 radical (unpaired) electrons. The van der Waals surface area contributed by atoms with Gasteiger partial charge in [0.25, 0.3) is 0 Å². The molecule has 1 aliphatic rings. The maximum atomic E-state index is 4.45. The van der Waals surface area contributed by atoms with Crippen molar-refractivity contribution in [1.29, 1.82) is 0 Å². The molecule has 1 aliphatic heterocycles. The van der Waals surface area contributed by atoms with Gasteiger partial charge < -0.3 is 10.2 Å². The van der Waals surface area contributed by atoms with Crippen LogP contribution in [0.1, 0.15) is 36.8 Å². The van der Waals surface area contributed by atoms with Crippen molar-refractivity contribution in [2.45, 2.75) is 39.2 Å². The second kappa shape index (κ2) is 7.25. The zero-order chi connectivity index (χ0) is 15.2. The second-order valence-electron chi connectivity index (χ2n) is 5.94. The number of benzene rings is 1. The Morgan fingerprint density at radius 1 is 1.05 bits per heavy atom. The zero-order valence-corrected chi connectivity index (χ0v) is 13.3. The fraction of sp³-hybridized carbons (Fsp3) is 0.444. The highest BCUT2D eigenvalue weighted by Crippen LogP contribution is 2.19. The highest BCUT2D eigenvalue weighted by atomic mass is 15.2. The Morgan fingerprint density at radius 2 is 1.82 bits per heavy atom. The summed E-state index contributed by atoms with van der Waals surface area (Å²) >= 11 is 0. The minimum absolute atomic E-state index is 0.795. The quantitative estimate of drug-likeness (QED) is 0.932. The van der Waals surface area contributed by atoms with Crippen LogP contribution >= 0.6 is 0 Å². The maximum Gasteiger partial charge on any atom is 0.134 e. The van der Waals surface area contributed by atoms with Gasteiger partial charge >= 0.3 is 0 Å². The van der Waals surface area contributed by atoms with E-state index in [0.29, 0.717) is 0 Å². The minimum Gasteiger partial charge on any atom is -0.366 e. The van der Waals surface area contributed by atoms with Gasteiger partial charge in [-0.05, 0) is 30.9 Å². The van der Waals surface area contributed by atoms with Gasteiger partial charge in [-0.3, -0.25) is 0 Å². The summed E-state index contributed by atoms with van der Waals surface area (Å²) in [7, 11) is 0. The van der Waals surface area contributed by atoms with E-state index in [1.807, 2.05) is 0 Å². The largest absolute Gasteiger partial charge is 0.366 e. The van der Waals surface area contributed by atoms with Crippen LogP contribution in [-0.2, 0) is 6.54 Å². The lowest BCUT2D eigenvalue weighted by Gasteiger charge is -2.21. The predicted octanol–water partition coefficient (Wildman–Crippen LogP) is 3.78.